The maximum Gasteiger partial charge on any atom is 0.331 e. The van der Waals surface area contributed by atoms with Crippen molar-refractivity contribution in [1.82, 2.24) is 33.6 Å². The molecule has 1 aliphatic heterocycles. The van der Waals surface area contributed by atoms with E-state index in [4.69, 9.17) is 14.1 Å². The predicted molar refractivity (Wildman–Crippen MR) is 127 cm³/mol. The van der Waals surface area contributed by atoms with Crippen LogP contribution in [-0.2, 0) is 6.54 Å². The molecule has 1 atom stereocenters. The molecular formula is C25H18FN7O3. The number of hydrogen-bond donors (Lipinski definition) is 0. The van der Waals surface area contributed by atoms with Crippen LogP contribution in [0.15, 0.2) is 76.7 Å². The summed E-state index contributed by atoms with van der Waals surface area (Å²) in [6, 6.07) is 11.7. The van der Waals surface area contributed by atoms with Crippen molar-refractivity contribution in [2.45, 2.75) is 19.0 Å². The largest absolute Gasteiger partial charge is 0.493 e. The van der Waals surface area contributed by atoms with E-state index in [9.17, 15) is 9.18 Å². The van der Waals surface area contributed by atoms with E-state index >= 15 is 0 Å². The van der Waals surface area contributed by atoms with Crippen LogP contribution in [-0.4, -0.2) is 40.2 Å². The van der Waals surface area contributed by atoms with Gasteiger partial charge in [0.05, 0.1) is 36.1 Å². The van der Waals surface area contributed by atoms with Crippen LogP contribution in [0, 0.1) is 5.82 Å². The second-order valence-corrected chi connectivity index (χ2v) is 8.48. The molecule has 0 bridgehead atoms. The van der Waals surface area contributed by atoms with Crippen molar-refractivity contribution >= 4 is 22.2 Å². The number of rotatable bonds is 4. The lowest BCUT2D eigenvalue weighted by Crippen LogP contribution is -2.31. The quantitative estimate of drug-likeness (QED) is 0.378. The number of imidazole rings is 2. The molecule has 0 N–H and O–H groups in total. The third-order valence-electron chi connectivity index (χ3n) is 6.43. The molecule has 0 aliphatic carbocycles. The van der Waals surface area contributed by atoms with Crippen molar-refractivity contribution < 1.29 is 13.5 Å². The van der Waals surface area contributed by atoms with Gasteiger partial charge in [0, 0.05) is 18.1 Å². The van der Waals surface area contributed by atoms with Gasteiger partial charge in [-0.3, -0.25) is 13.7 Å². The van der Waals surface area contributed by atoms with Crippen molar-refractivity contribution in [1.29, 1.82) is 0 Å². The zero-order valence-corrected chi connectivity index (χ0v) is 18.8. The number of ether oxygens (including phenoxy) is 1. The number of fused-ring (bicyclic) bond motifs is 3. The molecule has 7 rings (SSSR count). The highest BCUT2D eigenvalue weighted by molar-refractivity contribution is 5.78. The van der Waals surface area contributed by atoms with Crippen LogP contribution in [0.25, 0.3) is 28.1 Å². The fourth-order valence-corrected chi connectivity index (χ4v) is 4.80. The Kier molecular flexibility index (Phi) is 4.50. The second-order valence-electron chi connectivity index (χ2n) is 8.48. The molecule has 0 saturated carbocycles. The fraction of sp³-hybridized carbons (Fsp3) is 0.160. The number of oxazole rings is 1. The predicted octanol–water partition coefficient (Wildman–Crippen LogP) is 3.48. The molecule has 6 aromatic rings. The summed E-state index contributed by atoms with van der Waals surface area (Å²) in [7, 11) is 0. The molecule has 0 fully saturated rings. The number of hydrogen-bond acceptors (Lipinski definition) is 7. The standard InChI is InChI=1S/C25H18FN7O3/c26-15-5-6-17-19(11-15)32(14-29-17)24-28-12-20-23(30-24)33(25(34)31(20)13-22-27-8-10-36-22)18-7-9-35-21-4-2-1-3-16(18)21/h1-6,8,10-12,14,18H,7,9,13H2. The Morgan fingerprint density at radius 1 is 1.08 bits per heavy atom. The molecule has 2 aromatic carbocycles. The Bertz CT molecular complexity index is 1800. The summed E-state index contributed by atoms with van der Waals surface area (Å²) in [5.74, 6) is 1.01. The molecule has 10 nitrogen and oxygen atoms in total. The van der Waals surface area contributed by atoms with E-state index in [2.05, 4.69) is 15.0 Å². The van der Waals surface area contributed by atoms with Gasteiger partial charge < -0.3 is 9.15 Å². The van der Waals surface area contributed by atoms with Gasteiger partial charge in [-0.1, -0.05) is 18.2 Å². The third kappa shape index (κ3) is 3.13. The number of aromatic nitrogens is 7. The third-order valence-corrected chi connectivity index (χ3v) is 6.43. The Hall–Kier alpha value is -4.80. The first kappa shape index (κ1) is 20.6. The van der Waals surface area contributed by atoms with E-state index in [0.29, 0.717) is 41.1 Å². The molecule has 0 radical (unpaired) electrons. The van der Waals surface area contributed by atoms with E-state index in [1.807, 2.05) is 24.3 Å². The lowest BCUT2D eigenvalue weighted by molar-refractivity contribution is 0.255. The Morgan fingerprint density at radius 3 is 2.89 bits per heavy atom. The van der Waals surface area contributed by atoms with E-state index in [0.717, 1.165) is 11.3 Å². The van der Waals surface area contributed by atoms with Crippen molar-refractivity contribution in [2.24, 2.45) is 0 Å². The first-order valence-electron chi connectivity index (χ1n) is 11.4. The van der Waals surface area contributed by atoms with Crippen LogP contribution in [0.2, 0.25) is 0 Å². The van der Waals surface area contributed by atoms with E-state index in [-0.39, 0.29) is 24.2 Å². The van der Waals surface area contributed by atoms with Gasteiger partial charge in [-0.15, -0.1) is 0 Å². The highest BCUT2D eigenvalue weighted by Gasteiger charge is 2.29. The van der Waals surface area contributed by atoms with E-state index in [1.54, 1.807) is 32.3 Å². The van der Waals surface area contributed by atoms with Crippen molar-refractivity contribution in [3.05, 3.63) is 95.2 Å². The molecule has 1 aliphatic rings. The van der Waals surface area contributed by atoms with Crippen LogP contribution in [0.4, 0.5) is 4.39 Å². The van der Waals surface area contributed by atoms with Gasteiger partial charge in [0.1, 0.15) is 36.2 Å². The summed E-state index contributed by atoms with van der Waals surface area (Å²) < 4.78 is 30.1. The van der Waals surface area contributed by atoms with Gasteiger partial charge in [-0.05, 0) is 18.2 Å². The summed E-state index contributed by atoms with van der Waals surface area (Å²) >= 11 is 0. The van der Waals surface area contributed by atoms with Crippen molar-refractivity contribution in [3.8, 4) is 11.7 Å². The zero-order chi connectivity index (χ0) is 24.2. The van der Waals surface area contributed by atoms with Crippen LogP contribution in [0.1, 0.15) is 23.9 Å². The molecule has 0 spiro atoms. The molecular weight excluding hydrogens is 465 g/mol. The molecule has 36 heavy (non-hydrogen) atoms. The Balaban J connectivity index is 1.47. The van der Waals surface area contributed by atoms with Gasteiger partial charge in [0.2, 0.25) is 11.8 Å². The second kappa shape index (κ2) is 7.87. The minimum absolute atomic E-state index is 0.127. The van der Waals surface area contributed by atoms with E-state index in [1.165, 1.54) is 24.6 Å². The smallest absolute Gasteiger partial charge is 0.331 e. The summed E-state index contributed by atoms with van der Waals surface area (Å²) in [4.78, 5) is 31.7. The lowest BCUT2D eigenvalue weighted by atomic mass is 10.0. The van der Waals surface area contributed by atoms with Crippen LogP contribution < -0.4 is 10.4 Å². The first-order chi connectivity index (χ1) is 17.7. The highest BCUT2D eigenvalue weighted by Crippen LogP contribution is 2.35. The Labute approximate surface area is 202 Å². The maximum absolute atomic E-state index is 14.0. The molecule has 11 heteroatoms. The maximum atomic E-state index is 14.0. The summed E-state index contributed by atoms with van der Waals surface area (Å²) in [6.45, 7) is 0.589. The van der Waals surface area contributed by atoms with Gasteiger partial charge in [0.25, 0.3) is 0 Å². The summed E-state index contributed by atoms with van der Waals surface area (Å²) in [5, 5.41) is 0. The molecule has 4 aromatic heterocycles. The zero-order valence-electron chi connectivity index (χ0n) is 18.8. The average molecular weight is 483 g/mol. The summed E-state index contributed by atoms with van der Waals surface area (Å²) in [5.41, 5.74) is 2.74. The number of nitrogens with zero attached hydrogens (tertiary/aromatic N) is 7. The SMILES string of the molecule is O=c1n(Cc2ncco2)c2cnc(-n3cnc4ccc(F)cc43)nc2n1C1CCOc2ccccc21. The van der Waals surface area contributed by atoms with Crippen molar-refractivity contribution in [3.63, 3.8) is 0 Å². The van der Waals surface area contributed by atoms with Crippen LogP contribution in [0.5, 0.6) is 5.75 Å². The Morgan fingerprint density at radius 2 is 2.00 bits per heavy atom. The first-order valence-corrected chi connectivity index (χ1v) is 11.4. The van der Waals surface area contributed by atoms with E-state index < -0.39 is 5.82 Å². The minimum atomic E-state index is -0.391. The average Bonchev–Trinajstić information content (AvgIpc) is 3.62. The summed E-state index contributed by atoms with van der Waals surface area (Å²) in [6.07, 6.45) is 6.72. The fourth-order valence-electron chi connectivity index (χ4n) is 4.80. The van der Waals surface area contributed by atoms with Crippen molar-refractivity contribution in [2.75, 3.05) is 6.61 Å². The van der Waals surface area contributed by atoms with Crippen LogP contribution in [0.3, 0.4) is 0 Å². The minimum Gasteiger partial charge on any atom is -0.493 e. The molecule has 0 saturated heterocycles. The lowest BCUT2D eigenvalue weighted by Gasteiger charge is -2.26. The molecule has 178 valence electrons. The normalized spacial score (nSPS) is 15.3. The molecule has 1 unspecified atom stereocenters. The number of halogens is 1. The number of benzene rings is 2. The highest BCUT2D eigenvalue weighted by atomic mass is 19.1. The van der Waals surface area contributed by atoms with Gasteiger partial charge >= 0.3 is 5.69 Å². The molecule has 5 heterocycles. The number of para-hydroxylation sites is 1. The molecule has 0 amide bonds. The van der Waals surface area contributed by atoms with Gasteiger partial charge in [-0.25, -0.2) is 24.1 Å². The van der Waals surface area contributed by atoms with Gasteiger partial charge in [0.15, 0.2) is 5.65 Å². The van der Waals surface area contributed by atoms with Crippen LogP contribution >= 0.6 is 0 Å². The monoisotopic (exact) mass is 483 g/mol. The van der Waals surface area contributed by atoms with Gasteiger partial charge in [-0.2, -0.15) is 4.98 Å². The topological polar surface area (TPSA) is 106 Å².